The summed E-state index contributed by atoms with van der Waals surface area (Å²) in [5.41, 5.74) is 0.00946. The minimum Gasteiger partial charge on any atom is -0.477 e. The zero-order chi connectivity index (χ0) is 16.4. The average molecular weight is 321 g/mol. The minimum absolute atomic E-state index is 0.155. The first kappa shape index (κ1) is 15.5. The number of aromatic nitrogens is 2. The average Bonchev–Trinajstić information content (AvgIpc) is 2.51. The van der Waals surface area contributed by atoms with Crippen LogP contribution in [-0.2, 0) is 13.0 Å². The number of hydrogen-bond donors (Lipinski definition) is 0. The monoisotopic (exact) mass is 321 g/mol. The van der Waals surface area contributed by atoms with E-state index in [1.165, 1.54) is 12.1 Å². The molecule has 7 heteroatoms. The van der Waals surface area contributed by atoms with E-state index in [1.54, 1.807) is 10.6 Å². The van der Waals surface area contributed by atoms with E-state index in [2.05, 4.69) is 4.98 Å². The van der Waals surface area contributed by atoms with Gasteiger partial charge in [-0.3, -0.25) is 4.57 Å². The molecule has 2 aromatic rings. The van der Waals surface area contributed by atoms with Gasteiger partial charge >= 0.3 is 5.69 Å². The molecule has 0 radical (unpaired) electrons. The molecule has 0 unspecified atom stereocenters. The standard InChI is InChI=1S/C16H17F2N3O2/c1-20-6-2-7-21-15(20)10-14(19-16(21)22)23-8-5-11-3-4-12(17)9-13(11)18/h3-4,9-10H,2,5-8H2,1H3. The highest BCUT2D eigenvalue weighted by molar-refractivity contribution is 5.42. The maximum Gasteiger partial charge on any atom is 0.352 e. The Balaban J connectivity index is 1.70. The molecule has 0 atom stereocenters. The molecule has 0 saturated heterocycles. The molecule has 0 aliphatic carbocycles. The molecule has 0 saturated carbocycles. The van der Waals surface area contributed by atoms with Crippen molar-refractivity contribution >= 4 is 5.82 Å². The Kier molecular flexibility index (Phi) is 4.27. The second kappa shape index (κ2) is 6.36. The van der Waals surface area contributed by atoms with Crippen LogP contribution in [0, 0.1) is 11.6 Å². The first-order chi connectivity index (χ1) is 11.0. The Labute approximate surface area is 132 Å². The van der Waals surface area contributed by atoms with Crippen LogP contribution in [-0.4, -0.2) is 29.8 Å². The van der Waals surface area contributed by atoms with Gasteiger partial charge in [-0.05, 0) is 18.1 Å². The van der Waals surface area contributed by atoms with E-state index < -0.39 is 11.6 Å². The number of benzene rings is 1. The van der Waals surface area contributed by atoms with E-state index in [9.17, 15) is 13.6 Å². The Hall–Kier alpha value is -2.44. The van der Waals surface area contributed by atoms with Crippen molar-refractivity contribution in [3.8, 4) is 5.88 Å². The van der Waals surface area contributed by atoms with E-state index in [0.717, 1.165) is 24.8 Å². The summed E-state index contributed by atoms with van der Waals surface area (Å²) in [6, 6.07) is 5.14. The maximum absolute atomic E-state index is 13.5. The molecule has 0 spiro atoms. The summed E-state index contributed by atoms with van der Waals surface area (Å²) < 4.78 is 33.5. The molecule has 1 aliphatic rings. The van der Waals surface area contributed by atoms with Gasteiger partial charge < -0.3 is 9.64 Å². The predicted molar refractivity (Wildman–Crippen MR) is 81.9 cm³/mol. The first-order valence-electron chi connectivity index (χ1n) is 7.44. The van der Waals surface area contributed by atoms with Crippen molar-refractivity contribution in [2.75, 3.05) is 25.1 Å². The van der Waals surface area contributed by atoms with Crippen LogP contribution in [0.3, 0.4) is 0 Å². The number of anilines is 1. The van der Waals surface area contributed by atoms with Gasteiger partial charge in [-0.15, -0.1) is 0 Å². The van der Waals surface area contributed by atoms with Crippen molar-refractivity contribution in [1.82, 2.24) is 9.55 Å². The summed E-state index contributed by atoms with van der Waals surface area (Å²) in [5, 5.41) is 0. The van der Waals surface area contributed by atoms with Gasteiger partial charge in [0.15, 0.2) is 0 Å². The van der Waals surface area contributed by atoms with Gasteiger partial charge in [-0.1, -0.05) is 6.07 Å². The van der Waals surface area contributed by atoms with Crippen LogP contribution in [0.1, 0.15) is 12.0 Å². The van der Waals surface area contributed by atoms with Gasteiger partial charge in [0.05, 0.1) is 6.61 Å². The zero-order valence-electron chi connectivity index (χ0n) is 12.8. The van der Waals surface area contributed by atoms with E-state index in [-0.39, 0.29) is 24.6 Å². The lowest BCUT2D eigenvalue weighted by Gasteiger charge is -2.28. The number of rotatable bonds is 4. The molecule has 0 fully saturated rings. The van der Waals surface area contributed by atoms with Crippen LogP contribution in [0.5, 0.6) is 5.88 Å². The van der Waals surface area contributed by atoms with Crippen LogP contribution in [0.15, 0.2) is 29.1 Å². The van der Waals surface area contributed by atoms with Gasteiger partial charge in [0.2, 0.25) is 5.88 Å². The second-order valence-electron chi connectivity index (χ2n) is 5.50. The lowest BCUT2D eigenvalue weighted by molar-refractivity contribution is 0.304. The molecule has 3 rings (SSSR count). The van der Waals surface area contributed by atoms with Crippen molar-refractivity contribution in [2.45, 2.75) is 19.4 Å². The Morgan fingerprint density at radius 3 is 2.87 bits per heavy atom. The Bertz CT molecular complexity index is 776. The van der Waals surface area contributed by atoms with Crippen LogP contribution in [0.2, 0.25) is 0 Å². The fourth-order valence-corrected chi connectivity index (χ4v) is 2.64. The fraction of sp³-hybridized carbons (Fsp3) is 0.375. The molecular weight excluding hydrogens is 304 g/mol. The third kappa shape index (κ3) is 3.33. The highest BCUT2D eigenvalue weighted by Gasteiger charge is 2.17. The molecule has 5 nitrogen and oxygen atoms in total. The quantitative estimate of drug-likeness (QED) is 0.864. The molecule has 0 N–H and O–H groups in total. The summed E-state index contributed by atoms with van der Waals surface area (Å²) in [7, 11) is 1.90. The van der Waals surface area contributed by atoms with E-state index >= 15 is 0 Å². The van der Waals surface area contributed by atoms with Gasteiger partial charge in [-0.2, -0.15) is 4.98 Å². The molecule has 122 valence electrons. The second-order valence-corrected chi connectivity index (χ2v) is 5.50. The number of fused-ring (bicyclic) bond motifs is 1. The van der Waals surface area contributed by atoms with E-state index in [0.29, 0.717) is 12.1 Å². The lowest BCUT2D eigenvalue weighted by Crippen LogP contribution is -2.36. The van der Waals surface area contributed by atoms with E-state index in [4.69, 9.17) is 4.74 Å². The molecule has 1 aromatic carbocycles. The molecular formula is C16H17F2N3O2. The van der Waals surface area contributed by atoms with Crippen molar-refractivity contribution < 1.29 is 13.5 Å². The molecule has 1 aliphatic heterocycles. The van der Waals surface area contributed by atoms with Gasteiger partial charge in [-0.25, -0.2) is 13.6 Å². The van der Waals surface area contributed by atoms with E-state index in [1.807, 2.05) is 11.9 Å². The van der Waals surface area contributed by atoms with Crippen LogP contribution in [0.4, 0.5) is 14.6 Å². The molecule has 2 heterocycles. The van der Waals surface area contributed by atoms with Crippen molar-refractivity contribution in [3.05, 3.63) is 51.9 Å². The number of hydrogen-bond acceptors (Lipinski definition) is 4. The molecule has 0 bridgehead atoms. The molecule has 1 aromatic heterocycles. The van der Waals surface area contributed by atoms with Gasteiger partial charge in [0, 0.05) is 38.7 Å². The van der Waals surface area contributed by atoms with Crippen molar-refractivity contribution in [2.24, 2.45) is 0 Å². The Morgan fingerprint density at radius 1 is 1.26 bits per heavy atom. The smallest absolute Gasteiger partial charge is 0.352 e. The van der Waals surface area contributed by atoms with Crippen LogP contribution in [0.25, 0.3) is 0 Å². The lowest BCUT2D eigenvalue weighted by atomic mass is 10.1. The third-order valence-corrected chi connectivity index (χ3v) is 3.87. The summed E-state index contributed by atoms with van der Waals surface area (Å²) in [6.07, 6.45) is 1.16. The summed E-state index contributed by atoms with van der Waals surface area (Å²) in [4.78, 5) is 17.9. The number of halogens is 2. The summed E-state index contributed by atoms with van der Waals surface area (Å²) >= 11 is 0. The summed E-state index contributed by atoms with van der Waals surface area (Å²) in [6.45, 7) is 1.67. The molecule has 23 heavy (non-hydrogen) atoms. The number of ether oxygens (including phenoxy) is 1. The van der Waals surface area contributed by atoms with Crippen molar-refractivity contribution in [3.63, 3.8) is 0 Å². The van der Waals surface area contributed by atoms with Gasteiger partial charge in [0.25, 0.3) is 0 Å². The SMILES string of the molecule is CN1CCCn2c1cc(OCCc1ccc(F)cc1F)nc2=O. The normalized spacial score (nSPS) is 13.8. The first-order valence-corrected chi connectivity index (χ1v) is 7.44. The zero-order valence-corrected chi connectivity index (χ0v) is 12.8. The van der Waals surface area contributed by atoms with Crippen LogP contribution >= 0.6 is 0 Å². The summed E-state index contributed by atoms with van der Waals surface area (Å²) in [5.74, 6) is -0.233. The highest BCUT2D eigenvalue weighted by atomic mass is 19.1. The minimum atomic E-state index is -0.611. The van der Waals surface area contributed by atoms with Crippen LogP contribution < -0.4 is 15.3 Å². The fourth-order valence-electron chi connectivity index (χ4n) is 2.64. The topological polar surface area (TPSA) is 47.4 Å². The maximum atomic E-state index is 13.5. The highest BCUT2D eigenvalue weighted by Crippen LogP contribution is 2.20. The largest absolute Gasteiger partial charge is 0.477 e. The van der Waals surface area contributed by atoms with Gasteiger partial charge in [0.1, 0.15) is 17.5 Å². The Morgan fingerprint density at radius 2 is 2.09 bits per heavy atom. The predicted octanol–water partition coefficient (Wildman–Crippen LogP) is 1.98. The van der Waals surface area contributed by atoms with Crippen molar-refractivity contribution in [1.29, 1.82) is 0 Å². The third-order valence-electron chi connectivity index (χ3n) is 3.87. The number of nitrogens with zero attached hydrogens (tertiary/aromatic N) is 3. The molecule has 0 amide bonds.